The minimum atomic E-state index is -3.51. The van der Waals surface area contributed by atoms with E-state index in [4.69, 9.17) is 5.11 Å². The molecule has 0 aliphatic heterocycles. The first-order valence-corrected chi connectivity index (χ1v) is 6.70. The van der Waals surface area contributed by atoms with Crippen LogP contribution in [0.5, 0.6) is 0 Å². The predicted molar refractivity (Wildman–Crippen MR) is 62.7 cm³/mol. The number of aliphatic hydroxyl groups excluding tert-OH is 1. The highest BCUT2D eigenvalue weighted by Crippen LogP contribution is 2.11. The first-order valence-electron chi connectivity index (χ1n) is 5.21. The summed E-state index contributed by atoms with van der Waals surface area (Å²) >= 11 is 0. The lowest BCUT2D eigenvalue weighted by Crippen LogP contribution is -2.34. The number of sulfonamides is 1. The lowest BCUT2D eigenvalue weighted by molar-refractivity contribution is 0.265. The average Bonchev–Trinajstić information content (AvgIpc) is 2.28. The van der Waals surface area contributed by atoms with Gasteiger partial charge in [0.1, 0.15) is 0 Å². The molecule has 5 heteroatoms. The molecule has 1 atom stereocenters. The third kappa shape index (κ3) is 3.30. The van der Waals surface area contributed by atoms with Gasteiger partial charge in [0.25, 0.3) is 0 Å². The van der Waals surface area contributed by atoms with Crippen LogP contribution in [0.15, 0.2) is 29.2 Å². The van der Waals surface area contributed by atoms with Gasteiger partial charge in [0.2, 0.25) is 10.0 Å². The van der Waals surface area contributed by atoms with Gasteiger partial charge < -0.3 is 5.11 Å². The molecule has 0 aromatic heterocycles. The minimum Gasteiger partial charge on any atom is -0.395 e. The van der Waals surface area contributed by atoms with Crippen LogP contribution in [0, 0.1) is 0 Å². The smallest absolute Gasteiger partial charge is 0.240 e. The maximum atomic E-state index is 11.8. The maximum absolute atomic E-state index is 11.8. The Morgan fingerprint density at radius 1 is 1.31 bits per heavy atom. The van der Waals surface area contributed by atoms with E-state index in [-0.39, 0.29) is 11.5 Å². The Labute approximate surface area is 96.4 Å². The number of benzene rings is 1. The van der Waals surface area contributed by atoms with Crippen LogP contribution in [-0.2, 0) is 16.4 Å². The van der Waals surface area contributed by atoms with E-state index in [1.165, 1.54) is 0 Å². The number of hydrogen-bond donors (Lipinski definition) is 2. The molecule has 0 bridgehead atoms. The van der Waals surface area contributed by atoms with E-state index >= 15 is 0 Å². The standard InChI is InChI=1S/C11H17NO3S/c1-3-10-4-6-11(7-5-10)16(14,15)12-9(2)8-13/h4-7,9,12-13H,3,8H2,1-2H3/t9-/m1/s1. The Morgan fingerprint density at radius 3 is 2.31 bits per heavy atom. The normalized spacial score (nSPS) is 13.7. The summed E-state index contributed by atoms with van der Waals surface area (Å²) in [7, 11) is -3.51. The SMILES string of the molecule is CCc1ccc(S(=O)(=O)N[C@H](C)CO)cc1. The van der Waals surface area contributed by atoms with Gasteiger partial charge in [0.05, 0.1) is 11.5 Å². The predicted octanol–water partition coefficient (Wildman–Crippen LogP) is 0.908. The second-order valence-electron chi connectivity index (χ2n) is 3.70. The van der Waals surface area contributed by atoms with E-state index in [9.17, 15) is 8.42 Å². The van der Waals surface area contributed by atoms with E-state index in [2.05, 4.69) is 4.72 Å². The van der Waals surface area contributed by atoms with Crippen molar-refractivity contribution in [2.75, 3.05) is 6.61 Å². The van der Waals surface area contributed by atoms with Crippen molar-refractivity contribution in [2.24, 2.45) is 0 Å². The summed E-state index contributed by atoms with van der Waals surface area (Å²) in [6.07, 6.45) is 0.876. The van der Waals surface area contributed by atoms with E-state index in [0.717, 1.165) is 12.0 Å². The van der Waals surface area contributed by atoms with Crippen LogP contribution in [0.1, 0.15) is 19.4 Å². The molecule has 4 nitrogen and oxygen atoms in total. The Kier molecular flexibility index (Phi) is 4.46. The third-order valence-electron chi connectivity index (χ3n) is 2.27. The zero-order valence-electron chi connectivity index (χ0n) is 9.47. The molecule has 0 saturated heterocycles. The van der Waals surface area contributed by atoms with Crippen LogP contribution in [0.4, 0.5) is 0 Å². The molecule has 1 aromatic carbocycles. The van der Waals surface area contributed by atoms with Crippen molar-refractivity contribution >= 4 is 10.0 Å². The number of aryl methyl sites for hydroxylation is 1. The van der Waals surface area contributed by atoms with Crippen LogP contribution < -0.4 is 4.72 Å². The highest BCUT2D eigenvalue weighted by Gasteiger charge is 2.16. The molecule has 0 aliphatic carbocycles. The van der Waals surface area contributed by atoms with E-state index in [1.54, 1.807) is 31.2 Å². The Bertz CT molecular complexity index is 425. The van der Waals surface area contributed by atoms with Gasteiger partial charge in [-0.1, -0.05) is 19.1 Å². The summed E-state index contributed by atoms with van der Waals surface area (Å²) in [4.78, 5) is 0.227. The van der Waals surface area contributed by atoms with Crippen LogP contribution in [0.3, 0.4) is 0 Å². The lowest BCUT2D eigenvalue weighted by atomic mass is 10.2. The quantitative estimate of drug-likeness (QED) is 0.807. The van der Waals surface area contributed by atoms with Gasteiger partial charge >= 0.3 is 0 Å². The second kappa shape index (κ2) is 5.43. The molecule has 0 fully saturated rings. The number of hydrogen-bond acceptors (Lipinski definition) is 3. The Balaban J connectivity index is 2.90. The highest BCUT2D eigenvalue weighted by molar-refractivity contribution is 7.89. The fourth-order valence-corrected chi connectivity index (χ4v) is 2.51. The van der Waals surface area contributed by atoms with E-state index in [1.807, 2.05) is 6.92 Å². The van der Waals surface area contributed by atoms with Crippen molar-refractivity contribution in [1.82, 2.24) is 4.72 Å². The van der Waals surface area contributed by atoms with Crippen molar-refractivity contribution in [3.8, 4) is 0 Å². The molecule has 2 N–H and O–H groups in total. The molecule has 1 rings (SSSR count). The van der Waals surface area contributed by atoms with Gasteiger partial charge in [-0.25, -0.2) is 13.1 Å². The van der Waals surface area contributed by atoms with Gasteiger partial charge in [-0.3, -0.25) is 0 Å². The molecule has 0 aliphatic rings. The average molecular weight is 243 g/mol. The summed E-state index contributed by atoms with van der Waals surface area (Å²) < 4.78 is 25.9. The lowest BCUT2D eigenvalue weighted by Gasteiger charge is -2.11. The van der Waals surface area contributed by atoms with Crippen molar-refractivity contribution < 1.29 is 13.5 Å². The first-order chi connectivity index (χ1) is 7.49. The highest BCUT2D eigenvalue weighted by atomic mass is 32.2. The van der Waals surface area contributed by atoms with Gasteiger partial charge in [-0.15, -0.1) is 0 Å². The molecule has 0 heterocycles. The summed E-state index contributed by atoms with van der Waals surface area (Å²) in [5.41, 5.74) is 1.09. The Morgan fingerprint density at radius 2 is 1.88 bits per heavy atom. The summed E-state index contributed by atoms with van der Waals surface area (Å²) in [6.45, 7) is 3.40. The molecule has 1 aromatic rings. The summed E-state index contributed by atoms with van der Waals surface area (Å²) in [5.74, 6) is 0. The van der Waals surface area contributed by atoms with Crippen molar-refractivity contribution in [3.63, 3.8) is 0 Å². The third-order valence-corrected chi connectivity index (χ3v) is 3.88. The van der Waals surface area contributed by atoms with E-state index in [0.29, 0.717) is 0 Å². The van der Waals surface area contributed by atoms with Gasteiger partial charge in [0.15, 0.2) is 0 Å². The van der Waals surface area contributed by atoms with Crippen LogP contribution >= 0.6 is 0 Å². The van der Waals surface area contributed by atoms with Crippen LogP contribution in [0.25, 0.3) is 0 Å². The van der Waals surface area contributed by atoms with Gasteiger partial charge in [0, 0.05) is 6.04 Å². The number of nitrogens with one attached hydrogen (secondary N) is 1. The molecule has 0 unspecified atom stereocenters. The van der Waals surface area contributed by atoms with Crippen LogP contribution in [-0.4, -0.2) is 26.2 Å². The molecule has 0 spiro atoms. The molecular formula is C11H17NO3S. The number of aliphatic hydroxyl groups is 1. The molecule has 90 valence electrons. The van der Waals surface area contributed by atoms with Gasteiger partial charge in [-0.05, 0) is 31.0 Å². The van der Waals surface area contributed by atoms with E-state index < -0.39 is 16.1 Å². The minimum absolute atomic E-state index is 0.216. The molecule has 0 radical (unpaired) electrons. The zero-order valence-corrected chi connectivity index (χ0v) is 10.3. The topological polar surface area (TPSA) is 66.4 Å². The molecule has 0 amide bonds. The second-order valence-corrected chi connectivity index (χ2v) is 5.42. The van der Waals surface area contributed by atoms with Crippen molar-refractivity contribution in [3.05, 3.63) is 29.8 Å². The fourth-order valence-electron chi connectivity index (χ4n) is 1.27. The summed E-state index contributed by atoms with van der Waals surface area (Å²) in [6, 6.07) is 6.25. The molecular weight excluding hydrogens is 226 g/mol. The van der Waals surface area contributed by atoms with Crippen LogP contribution in [0.2, 0.25) is 0 Å². The summed E-state index contributed by atoms with van der Waals surface area (Å²) in [5, 5.41) is 8.80. The first kappa shape index (κ1) is 13.2. The Hall–Kier alpha value is -0.910. The molecule has 0 saturated carbocycles. The van der Waals surface area contributed by atoms with Crippen molar-refractivity contribution in [1.29, 1.82) is 0 Å². The fraction of sp³-hybridized carbons (Fsp3) is 0.455. The zero-order chi connectivity index (χ0) is 12.2. The molecule has 16 heavy (non-hydrogen) atoms. The van der Waals surface area contributed by atoms with Gasteiger partial charge in [-0.2, -0.15) is 0 Å². The maximum Gasteiger partial charge on any atom is 0.240 e. The number of rotatable bonds is 5. The van der Waals surface area contributed by atoms with Crippen molar-refractivity contribution in [2.45, 2.75) is 31.2 Å². The largest absolute Gasteiger partial charge is 0.395 e. The monoisotopic (exact) mass is 243 g/mol.